The number of hydrogen-bond acceptors (Lipinski definition) is 3. The molecule has 0 saturated heterocycles. The monoisotopic (exact) mass is 209 g/mol. The molecule has 0 atom stereocenters. The summed E-state index contributed by atoms with van der Waals surface area (Å²) in [7, 11) is 0. The number of ketones is 2. The second-order valence-electron chi connectivity index (χ2n) is 3.66. The summed E-state index contributed by atoms with van der Waals surface area (Å²) in [5.41, 5.74) is 1.64. The van der Waals surface area contributed by atoms with Gasteiger partial charge in [0.15, 0.2) is 11.6 Å². The molecule has 0 N–H and O–H groups in total. The highest BCUT2D eigenvalue weighted by Gasteiger charge is 2.19. The van der Waals surface area contributed by atoms with E-state index in [4.69, 9.17) is 0 Å². The number of nitrogens with zero attached hydrogens (tertiary/aromatic N) is 1. The fourth-order valence-electron chi connectivity index (χ4n) is 1.86. The Morgan fingerprint density at radius 1 is 0.938 bits per heavy atom. The minimum Gasteiger partial charge on any atom is -0.289 e. The molecule has 0 amide bonds. The summed E-state index contributed by atoms with van der Waals surface area (Å²) >= 11 is 0. The predicted octanol–water partition coefficient (Wildman–Crippen LogP) is 2.17. The Labute approximate surface area is 91.4 Å². The van der Waals surface area contributed by atoms with Gasteiger partial charge in [0.05, 0.1) is 5.52 Å². The van der Waals surface area contributed by atoms with E-state index in [9.17, 15) is 9.59 Å². The normalized spacial score (nSPS) is 14.2. The van der Waals surface area contributed by atoms with E-state index >= 15 is 0 Å². The van der Waals surface area contributed by atoms with Crippen molar-refractivity contribution in [3.63, 3.8) is 0 Å². The smallest absolute Gasteiger partial charge is 0.186 e. The molecule has 0 fully saturated rings. The first kappa shape index (κ1) is 8.97. The average Bonchev–Trinajstić information content (AvgIpc) is 2.32. The van der Waals surface area contributed by atoms with Gasteiger partial charge in [-0.15, -0.1) is 0 Å². The molecule has 0 saturated carbocycles. The van der Waals surface area contributed by atoms with Crippen molar-refractivity contribution < 1.29 is 9.59 Å². The average molecular weight is 209 g/mol. The van der Waals surface area contributed by atoms with Gasteiger partial charge in [0.25, 0.3) is 0 Å². The molecule has 3 rings (SSSR count). The third kappa shape index (κ3) is 1.18. The molecule has 0 spiro atoms. The predicted molar refractivity (Wildman–Crippen MR) is 59.5 cm³/mol. The van der Waals surface area contributed by atoms with Gasteiger partial charge >= 0.3 is 0 Å². The van der Waals surface area contributed by atoms with Gasteiger partial charge in [-0.1, -0.05) is 6.07 Å². The molecule has 0 bridgehead atoms. The fourth-order valence-corrected chi connectivity index (χ4v) is 1.86. The number of carbonyl (C=O) groups excluding carboxylic acids is 2. The molecule has 0 aliphatic heterocycles. The van der Waals surface area contributed by atoms with Crippen molar-refractivity contribution in [3.8, 4) is 0 Å². The van der Waals surface area contributed by atoms with Crippen LogP contribution >= 0.6 is 0 Å². The van der Waals surface area contributed by atoms with Crippen molar-refractivity contribution in [2.45, 2.75) is 0 Å². The van der Waals surface area contributed by atoms with Crippen LogP contribution in [0.1, 0.15) is 20.7 Å². The molecule has 0 radical (unpaired) electrons. The Bertz CT molecular complexity index is 600. The molecule has 2 aromatic rings. The zero-order valence-electron chi connectivity index (χ0n) is 8.31. The molecule has 1 aliphatic carbocycles. The highest BCUT2D eigenvalue weighted by Crippen LogP contribution is 2.22. The van der Waals surface area contributed by atoms with Gasteiger partial charge in [-0.2, -0.15) is 0 Å². The molecule has 1 heterocycles. The molecule has 16 heavy (non-hydrogen) atoms. The SMILES string of the molecule is O=C1C=CC(=O)c2cc3ncccc3cc21. The van der Waals surface area contributed by atoms with Gasteiger partial charge in [-0.25, -0.2) is 0 Å². The quantitative estimate of drug-likeness (QED) is 0.668. The topological polar surface area (TPSA) is 47.0 Å². The number of benzene rings is 1. The van der Waals surface area contributed by atoms with Crippen LogP contribution in [0, 0.1) is 0 Å². The Morgan fingerprint density at radius 3 is 2.38 bits per heavy atom. The van der Waals surface area contributed by atoms with E-state index in [1.807, 2.05) is 6.07 Å². The molecule has 76 valence electrons. The van der Waals surface area contributed by atoms with Gasteiger partial charge in [-0.05, 0) is 30.4 Å². The van der Waals surface area contributed by atoms with Gasteiger partial charge in [0.1, 0.15) is 0 Å². The Morgan fingerprint density at radius 2 is 1.62 bits per heavy atom. The molecular weight excluding hydrogens is 202 g/mol. The van der Waals surface area contributed by atoms with Crippen LogP contribution in [0.4, 0.5) is 0 Å². The van der Waals surface area contributed by atoms with Crippen molar-refractivity contribution in [2.75, 3.05) is 0 Å². The zero-order chi connectivity index (χ0) is 11.1. The van der Waals surface area contributed by atoms with Gasteiger partial charge in [-0.3, -0.25) is 14.6 Å². The van der Waals surface area contributed by atoms with Crippen LogP contribution in [0.15, 0.2) is 42.6 Å². The van der Waals surface area contributed by atoms with E-state index in [-0.39, 0.29) is 11.6 Å². The first-order chi connectivity index (χ1) is 7.75. The summed E-state index contributed by atoms with van der Waals surface area (Å²) < 4.78 is 0. The number of carbonyl (C=O) groups is 2. The first-order valence-electron chi connectivity index (χ1n) is 4.91. The second kappa shape index (κ2) is 3.10. The van der Waals surface area contributed by atoms with Crippen LogP contribution in [-0.4, -0.2) is 16.6 Å². The number of aromatic nitrogens is 1. The van der Waals surface area contributed by atoms with Crippen LogP contribution in [0.3, 0.4) is 0 Å². The zero-order valence-corrected chi connectivity index (χ0v) is 8.31. The minimum atomic E-state index is -0.137. The summed E-state index contributed by atoms with van der Waals surface area (Å²) in [4.78, 5) is 27.4. The largest absolute Gasteiger partial charge is 0.289 e. The maximum absolute atomic E-state index is 11.6. The number of rotatable bonds is 0. The maximum atomic E-state index is 11.6. The van der Waals surface area contributed by atoms with Crippen molar-refractivity contribution in [1.82, 2.24) is 4.98 Å². The molecule has 3 heteroatoms. The lowest BCUT2D eigenvalue weighted by atomic mass is 9.93. The van der Waals surface area contributed by atoms with E-state index in [0.717, 1.165) is 10.9 Å². The molecule has 0 unspecified atom stereocenters. The lowest BCUT2D eigenvalue weighted by molar-refractivity contribution is 0.0994. The maximum Gasteiger partial charge on any atom is 0.186 e. The van der Waals surface area contributed by atoms with Crippen LogP contribution in [0.5, 0.6) is 0 Å². The number of allylic oxidation sites excluding steroid dienone is 2. The van der Waals surface area contributed by atoms with Gasteiger partial charge in [0, 0.05) is 22.7 Å². The van der Waals surface area contributed by atoms with Crippen molar-refractivity contribution in [3.05, 3.63) is 53.7 Å². The Balaban J connectivity index is 2.40. The van der Waals surface area contributed by atoms with Crippen LogP contribution in [-0.2, 0) is 0 Å². The molecule has 3 nitrogen and oxygen atoms in total. The van der Waals surface area contributed by atoms with Crippen molar-refractivity contribution in [2.24, 2.45) is 0 Å². The van der Waals surface area contributed by atoms with Crippen LogP contribution in [0.2, 0.25) is 0 Å². The molecular formula is C13H7NO2. The molecule has 1 aromatic heterocycles. The highest BCUT2D eigenvalue weighted by atomic mass is 16.1. The Kier molecular flexibility index (Phi) is 1.74. The van der Waals surface area contributed by atoms with Crippen LogP contribution < -0.4 is 0 Å². The molecule has 1 aromatic carbocycles. The lowest BCUT2D eigenvalue weighted by Gasteiger charge is -2.09. The molecule has 1 aliphatic rings. The van der Waals surface area contributed by atoms with E-state index in [2.05, 4.69) is 4.98 Å². The number of fused-ring (bicyclic) bond motifs is 2. The highest BCUT2D eigenvalue weighted by molar-refractivity contribution is 6.23. The summed E-state index contributed by atoms with van der Waals surface area (Å²) in [5.74, 6) is -0.262. The van der Waals surface area contributed by atoms with Gasteiger partial charge < -0.3 is 0 Å². The summed E-state index contributed by atoms with van der Waals surface area (Å²) in [6, 6.07) is 7.08. The summed E-state index contributed by atoms with van der Waals surface area (Å²) in [6.45, 7) is 0. The van der Waals surface area contributed by atoms with Crippen molar-refractivity contribution in [1.29, 1.82) is 0 Å². The summed E-state index contributed by atoms with van der Waals surface area (Å²) in [6.07, 6.45) is 4.28. The van der Waals surface area contributed by atoms with Crippen molar-refractivity contribution >= 4 is 22.5 Å². The van der Waals surface area contributed by atoms with E-state index in [1.54, 1.807) is 24.4 Å². The third-order valence-corrected chi connectivity index (χ3v) is 2.66. The van der Waals surface area contributed by atoms with Gasteiger partial charge in [0.2, 0.25) is 0 Å². The Hall–Kier alpha value is -2.29. The van der Waals surface area contributed by atoms with Crippen LogP contribution in [0.25, 0.3) is 10.9 Å². The second-order valence-corrected chi connectivity index (χ2v) is 3.66. The standard InChI is InChI=1S/C13H7NO2/c15-12-3-4-13(16)10-7-11-8(6-9(10)12)2-1-5-14-11/h1-7H. The minimum absolute atomic E-state index is 0.125. The number of pyridine rings is 1. The fraction of sp³-hybridized carbons (Fsp3) is 0. The summed E-state index contributed by atoms with van der Waals surface area (Å²) in [5, 5.41) is 0.873. The van der Waals surface area contributed by atoms with E-state index < -0.39 is 0 Å². The number of hydrogen-bond donors (Lipinski definition) is 0. The first-order valence-corrected chi connectivity index (χ1v) is 4.91. The van der Waals surface area contributed by atoms with E-state index in [1.165, 1.54) is 12.2 Å². The lowest BCUT2D eigenvalue weighted by Crippen LogP contribution is -2.11. The third-order valence-electron chi connectivity index (χ3n) is 2.66. The van der Waals surface area contributed by atoms with E-state index in [0.29, 0.717) is 11.1 Å².